The van der Waals surface area contributed by atoms with Gasteiger partial charge in [0.2, 0.25) is 0 Å². The average molecular weight is 320 g/mol. The molecule has 2 nitrogen and oxygen atoms in total. The van der Waals surface area contributed by atoms with Crippen molar-refractivity contribution in [3.63, 3.8) is 0 Å². The van der Waals surface area contributed by atoms with Gasteiger partial charge in [-0.15, -0.1) is 11.3 Å². The van der Waals surface area contributed by atoms with Crippen molar-refractivity contribution in [1.82, 2.24) is 0 Å². The van der Waals surface area contributed by atoms with E-state index in [0.717, 1.165) is 42.7 Å². The summed E-state index contributed by atoms with van der Waals surface area (Å²) in [5.74, 6) is 0. The first-order valence-corrected chi connectivity index (χ1v) is 9.32. The molecule has 1 fully saturated rings. The van der Waals surface area contributed by atoms with Gasteiger partial charge in [0.15, 0.2) is 0 Å². The zero-order valence-electron chi connectivity index (χ0n) is 13.2. The largest absolute Gasteiger partial charge is 0.370 e. The molecule has 1 aromatic heterocycles. The lowest BCUT2D eigenvalue weighted by molar-refractivity contribution is 0.577. The van der Waals surface area contributed by atoms with E-state index >= 15 is 0 Å². The lowest BCUT2D eigenvalue weighted by Crippen LogP contribution is -2.30. The molecular formula is C20H20N2S. The minimum atomic E-state index is 0.873. The highest BCUT2D eigenvalue weighted by molar-refractivity contribution is 7.13. The van der Waals surface area contributed by atoms with E-state index < -0.39 is 0 Å². The highest BCUT2D eigenvalue weighted by atomic mass is 32.1. The smallest absolute Gasteiger partial charge is 0.102 e. The second-order valence-electron chi connectivity index (χ2n) is 6.29. The number of benzene rings is 1. The van der Waals surface area contributed by atoms with Crippen LogP contribution < -0.4 is 4.90 Å². The second-order valence-corrected chi connectivity index (χ2v) is 7.24. The van der Waals surface area contributed by atoms with E-state index in [9.17, 15) is 5.26 Å². The predicted molar refractivity (Wildman–Crippen MR) is 97.9 cm³/mol. The van der Waals surface area contributed by atoms with Crippen LogP contribution in [0.4, 0.5) is 5.69 Å². The monoisotopic (exact) mass is 320 g/mol. The molecule has 0 bridgehead atoms. The topological polar surface area (TPSA) is 27.0 Å². The van der Waals surface area contributed by atoms with Crippen molar-refractivity contribution < 1.29 is 0 Å². The third-order valence-corrected chi connectivity index (χ3v) is 5.80. The van der Waals surface area contributed by atoms with Gasteiger partial charge in [0, 0.05) is 18.0 Å². The van der Waals surface area contributed by atoms with Crippen molar-refractivity contribution in [3.05, 3.63) is 46.3 Å². The van der Waals surface area contributed by atoms with Crippen LogP contribution in [0.25, 0.3) is 16.5 Å². The number of rotatable bonds is 2. The lowest BCUT2D eigenvalue weighted by Gasteiger charge is -2.31. The number of nitrogens with zero attached hydrogens (tertiary/aromatic N) is 2. The van der Waals surface area contributed by atoms with E-state index in [2.05, 4.69) is 46.7 Å². The lowest BCUT2D eigenvalue weighted by atomic mass is 9.87. The molecule has 0 radical (unpaired) electrons. The van der Waals surface area contributed by atoms with Crippen molar-refractivity contribution in [2.24, 2.45) is 0 Å². The van der Waals surface area contributed by atoms with Crippen LogP contribution >= 0.6 is 11.3 Å². The van der Waals surface area contributed by atoms with Gasteiger partial charge in [0.05, 0.1) is 11.3 Å². The molecule has 0 unspecified atom stereocenters. The number of hydrogen-bond donors (Lipinski definition) is 0. The Morgan fingerprint density at radius 3 is 2.78 bits per heavy atom. The summed E-state index contributed by atoms with van der Waals surface area (Å²) in [5, 5.41) is 12.0. The number of fused-ring (bicyclic) bond motifs is 1. The number of piperidine rings is 1. The van der Waals surface area contributed by atoms with Crippen molar-refractivity contribution >= 4 is 23.1 Å². The number of thiophene rings is 1. The molecule has 1 aromatic carbocycles. The summed E-state index contributed by atoms with van der Waals surface area (Å²) < 4.78 is 0. The van der Waals surface area contributed by atoms with Crippen LogP contribution in [0.3, 0.4) is 0 Å². The molecule has 1 aliphatic carbocycles. The van der Waals surface area contributed by atoms with Gasteiger partial charge < -0.3 is 4.90 Å². The van der Waals surface area contributed by atoms with Gasteiger partial charge >= 0.3 is 0 Å². The molecule has 23 heavy (non-hydrogen) atoms. The van der Waals surface area contributed by atoms with E-state index in [4.69, 9.17) is 0 Å². The number of nitriles is 1. The Morgan fingerprint density at radius 2 is 2.04 bits per heavy atom. The van der Waals surface area contributed by atoms with Gasteiger partial charge in [0.1, 0.15) is 6.07 Å². The van der Waals surface area contributed by atoms with E-state index in [1.807, 2.05) is 0 Å². The third-order valence-electron chi connectivity index (χ3n) is 4.90. The van der Waals surface area contributed by atoms with Crippen LogP contribution in [-0.4, -0.2) is 13.1 Å². The molecule has 2 aromatic rings. The van der Waals surface area contributed by atoms with Crippen LogP contribution in [0.1, 0.15) is 42.4 Å². The molecule has 116 valence electrons. The highest BCUT2D eigenvalue weighted by Gasteiger charge is 2.23. The molecule has 4 rings (SSSR count). The molecule has 3 heteroatoms. The summed E-state index contributed by atoms with van der Waals surface area (Å²) in [6, 6.07) is 9.10. The minimum absolute atomic E-state index is 0.873. The standard InChI is InChI=1S/C20H20N2S/c21-14-18-16-8-3-2-7-15(16)17(20-9-6-12-23-20)13-19(18)22-10-4-1-5-11-22/h3,6,8-9,12-13H,1-2,4-5,7,10-11H2. The maximum atomic E-state index is 9.82. The van der Waals surface area contributed by atoms with Crippen LogP contribution in [0, 0.1) is 11.3 Å². The molecular weight excluding hydrogens is 300 g/mol. The van der Waals surface area contributed by atoms with Crippen molar-refractivity contribution in [3.8, 4) is 16.5 Å². The van der Waals surface area contributed by atoms with Gasteiger partial charge in [-0.3, -0.25) is 0 Å². The fourth-order valence-corrected chi connectivity index (χ4v) is 4.54. The third kappa shape index (κ3) is 2.58. The van der Waals surface area contributed by atoms with Gasteiger partial charge in [-0.2, -0.15) is 5.26 Å². The summed E-state index contributed by atoms with van der Waals surface area (Å²) in [5.41, 5.74) is 5.86. The fourth-order valence-electron chi connectivity index (χ4n) is 3.77. The molecule has 0 N–H and O–H groups in total. The summed E-state index contributed by atoms with van der Waals surface area (Å²) in [6.07, 6.45) is 10.2. The summed E-state index contributed by atoms with van der Waals surface area (Å²) in [7, 11) is 0. The maximum absolute atomic E-state index is 9.82. The second kappa shape index (κ2) is 6.22. The average Bonchev–Trinajstić information content (AvgIpc) is 3.15. The Kier molecular flexibility index (Phi) is 3.93. The van der Waals surface area contributed by atoms with Gasteiger partial charge in [-0.25, -0.2) is 0 Å². The predicted octanol–water partition coefficient (Wildman–Crippen LogP) is 5.24. The molecule has 2 aliphatic rings. The van der Waals surface area contributed by atoms with Crippen LogP contribution in [0.5, 0.6) is 0 Å². The first kappa shape index (κ1) is 14.5. The number of hydrogen-bond acceptors (Lipinski definition) is 3. The Hall–Kier alpha value is -2.05. The SMILES string of the molecule is N#Cc1c(N2CCCCC2)cc(-c2cccs2)c2c1C=CCC2. The van der Waals surface area contributed by atoms with Gasteiger partial charge in [-0.05, 0) is 66.3 Å². The quantitative estimate of drug-likeness (QED) is 0.757. The van der Waals surface area contributed by atoms with Crippen molar-refractivity contribution in [2.75, 3.05) is 18.0 Å². The molecule has 1 aliphatic heterocycles. The Labute approximate surface area is 141 Å². The molecule has 0 saturated carbocycles. The Bertz CT molecular complexity index is 775. The van der Waals surface area contributed by atoms with Gasteiger partial charge in [0.25, 0.3) is 0 Å². The van der Waals surface area contributed by atoms with Crippen LogP contribution in [0.2, 0.25) is 0 Å². The Balaban J connectivity index is 1.94. The summed E-state index contributed by atoms with van der Waals surface area (Å²) in [6.45, 7) is 2.14. The van der Waals surface area contributed by atoms with E-state index in [-0.39, 0.29) is 0 Å². The fraction of sp³-hybridized carbons (Fsp3) is 0.350. The van der Waals surface area contributed by atoms with Crippen LogP contribution in [0.15, 0.2) is 29.7 Å². The first-order chi connectivity index (χ1) is 11.4. The van der Waals surface area contributed by atoms with E-state index in [1.54, 1.807) is 11.3 Å². The maximum Gasteiger partial charge on any atom is 0.102 e. The van der Waals surface area contributed by atoms with E-state index in [1.165, 1.54) is 35.3 Å². The molecule has 0 atom stereocenters. The molecule has 0 amide bonds. The Morgan fingerprint density at radius 1 is 1.17 bits per heavy atom. The minimum Gasteiger partial charge on any atom is -0.370 e. The zero-order chi connectivity index (χ0) is 15.6. The van der Waals surface area contributed by atoms with Gasteiger partial charge in [-0.1, -0.05) is 18.2 Å². The van der Waals surface area contributed by atoms with E-state index in [0.29, 0.717) is 0 Å². The molecule has 2 heterocycles. The molecule has 0 spiro atoms. The normalized spacial score (nSPS) is 16.9. The molecule has 1 saturated heterocycles. The summed E-state index contributed by atoms with van der Waals surface area (Å²) in [4.78, 5) is 3.74. The first-order valence-electron chi connectivity index (χ1n) is 8.44. The summed E-state index contributed by atoms with van der Waals surface area (Å²) >= 11 is 1.79. The van der Waals surface area contributed by atoms with Crippen LogP contribution in [-0.2, 0) is 6.42 Å². The highest BCUT2D eigenvalue weighted by Crippen LogP contribution is 2.40. The van der Waals surface area contributed by atoms with Crippen molar-refractivity contribution in [1.29, 1.82) is 5.26 Å². The number of anilines is 1. The van der Waals surface area contributed by atoms with Crippen molar-refractivity contribution in [2.45, 2.75) is 32.1 Å². The number of allylic oxidation sites excluding steroid dienone is 1. The zero-order valence-corrected chi connectivity index (χ0v) is 14.0.